The highest BCUT2D eigenvalue weighted by Gasteiger charge is 2.47. The van der Waals surface area contributed by atoms with Crippen molar-refractivity contribution < 1.29 is 19.4 Å². The van der Waals surface area contributed by atoms with E-state index in [1.807, 2.05) is 6.92 Å². The lowest BCUT2D eigenvalue weighted by Gasteiger charge is -2.40. The van der Waals surface area contributed by atoms with Crippen molar-refractivity contribution in [1.29, 1.82) is 0 Å². The van der Waals surface area contributed by atoms with Gasteiger partial charge in [0.15, 0.2) is 0 Å². The van der Waals surface area contributed by atoms with Crippen LogP contribution in [-0.4, -0.2) is 35.2 Å². The number of carbonyl (C=O) groups is 2. The summed E-state index contributed by atoms with van der Waals surface area (Å²) in [6, 6.07) is 0. The minimum absolute atomic E-state index is 0.0332. The molecule has 2 aliphatic rings. The number of rotatable bonds is 3. The number of carboxylic acid groups (broad SMARTS) is 1. The standard InChI is InChI=1S/C13H21NO4/c1-9-5-2-3-7-13(9,12(16)17)14-11(15)10-6-4-8-18-10/h9-10H,2-8H2,1H3,(H,14,15)(H,16,17)/t9?,10-,13?/m1/s1. The van der Waals surface area contributed by atoms with Gasteiger partial charge in [0, 0.05) is 6.61 Å². The maximum atomic E-state index is 12.1. The zero-order valence-electron chi connectivity index (χ0n) is 10.8. The van der Waals surface area contributed by atoms with Crippen LogP contribution in [0.2, 0.25) is 0 Å². The molecule has 5 heteroatoms. The topological polar surface area (TPSA) is 75.6 Å². The monoisotopic (exact) mass is 255 g/mol. The first-order valence-electron chi connectivity index (χ1n) is 6.73. The summed E-state index contributed by atoms with van der Waals surface area (Å²) in [5.41, 5.74) is -1.10. The Balaban J connectivity index is 2.10. The number of carbonyl (C=O) groups excluding carboxylic acids is 1. The fourth-order valence-electron chi connectivity index (χ4n) is 2.99. The maximum Gasteiger partial charge on any atom is 0.329 e. The molecule has 2 unspecified atom stereocenters. The van der Waals surface area contributed by atoms with Crippen molar-refractivity contribution in [2.24, 2.45) is 5.92 Å². The van der Waals surface area contributed by atoms with Crippen LogP contribution in [0.4, 0.5) is 0 Å². The Labute approximate surface area is 107 Å². The minimum Gasteiger partial charge on any atom is -0.479 e. The summed E-state index contributed by atoms with van der Waals surface area (Å²) >= 11 is 0. The van der Waals surface area contributed by atoms with Crippen molar-refractivity contribution in [3.63, 3.8) is 0 Å². The third-order valence-corrected chi connectivity index (χ3v) is 4.25. The Morgan fingerprint density at radius 1 is 1.28 bits per heavy atom. The molecular weight excluding hydrogens is 234 g/mol. The largest absolute Gasteiger partial charge is 0.479 e. The zero-order chi connectivity index (χ0) is 13.2. The third-order valence-electron chi connectivity index (χ3n) is 4.25. The zero-order valence-corrected chi connectivity index (χ0v) is 10.8. The molecule has 1 amide bonds. The van der Waals surface area contributed by atoms with Crippen LogP contribution in [0.25, 0.3) is 0 Å². The van der Waals surface area contributed by atoms with E-state index in [0.717, 1.165) is 25.7 Å². The molecule has 2 rings (SSSR count). The summed E-state index contributed by atoms with van der Waals surface area (Å²) in [7, 11) is 0. The summed E-state index contributed by atoms with van der Waals surface area (Å²) in [6.45, 7) is 2.50. The molecule has 0 radical (unpaired) electrons. The van der Waals surface area contributed by atoms with Crippen molar-refractivity contribution in [2.45, 2.75) is 57.1 Å². The van der Waals surface area contributed by atoms with E-state index in [1.165, 1.54) is 0 Å². The molecular formula is C13H21NO4. The number of hydrogen-bond acceptors (Lipinski definition) is 3. The number of amides is 1. The van der Waals surface area contributed by atoms with Crippen molar-refractivity contribution in [2.75, 3.05) is 6.61 Å². The van der Waals surface area contributed by atoms with Gasteiger partial charge >= 0.3 is 5.97 Å². The van der Waals surface area contributed by atoms with E-state index in [-0.39, 0.29) is 11.8 Å². The predicted octanol–water partition coefficient (Wildman–Crippen LogP) is 1.32. The maximum absolute atomic E-state index is 12.1. The highest BCUT2D eigenvalue weighted by molar-refractivity contribution is 5.89. The van der Waals surface area contributed by atoms with Gasteiger partial charge in [-0.15, -0.1) is 0 Å². The summed E-state index contributed by atoms with van der Waals surface area (Å²) in [4.78, 5) is 23.7. The van der Waals surface area contributed by atoms with Gasteiger partial charge in [0.2, 0.25) is 5.91 Å². The van der Waals surface area contributed by atoms with E-state index < -0.39 is 17.6 Å². The van der Waals surface area contributed by atoms with Crippen molar-refractivity contribution in [1.82, 2.24) is 5.32 Å². The lowest BCUT2D eigenvalue weighted by atomic mass is 9.73. The van der Waals surface area contributed by atoms with Gasteiger partial charge in [-0.05, 0) is 31.6 Å². The second kappa shape index (κ2) is 5.26. The lowest BCUT2D eigenvalue weighted by molar-refractivity contribution is -0.153. The van der Waals surface area contributed by atoms with Crippen molar-refractivity contribution >= 4 is 11.9 Å². The smallest absolute Gasteiger partial charge is 0.329 e. The summed E-state index contributed by atoms with van der Waals surface area (Å²) in [5.74, 6) is -1.21. The number of carboxylic acids is 1. The molecule has 102 valence electrons. The quantitative estimate of drug-likeness (QED) is 0.797. The summed E-state index contributed by atoms with van der Waals surface area (Å²) < 4.78 is 5.31. The molecule has 2 N–H and O–H groups in total. The fraction of sp³-hybridized carbons (Fsp3) is 0.846. The number of aliphatic carboxylic acids is 1. The average molecular weight is 255 g/mol. The molecule has 3 atom stereocenters. The molecule has 1 saturated heterocycles. The van der Waals surface area contributed by atoms with Crippen LogP contribution < -0.4 is 5.32 Å². The summed E-state index contributed by atoms with van der Waals surface area (Å²) in [6.07, 6.45) is 4.34. The molecule has 0 aromatic carbocycles. The molecule has 1 heterocycles. The first kappa shape index (κ1) is 13.3. The molecule has 0 aromatic heterocycles. The molecule has 0 bridgehead atoms. The van der Waals surface area contributed by atoms with Crippen LogP contribution in [0.15, 0.2) is 0 Å². The number of nitrogens with one attached hydrogen (secondary N) is 1. The third kappa shape index (κ3) is 2.36. The first-order valence-corrected chi connectivity index (χ1v) is 6.73. The van der Waals surface area contributed by atoms with Gasteiger partial charge in [-0.3, -0.25) is 4.79 Å². The number of ether oxygens (including phenoxy) is 1. The minimum atomic E-state index is -1.10. The molecule has 0 aromatic rings. The summed E-state index contributed by atoms with van der Waals surface area (Å²) in [5, 5.41) is 12.3. The van der Waals surface area contributed by atoms with Crippen LogP contribution in [0, 0.1) is 5.92 Å². The molecule has 1 saturated carbocycles. The molecule has 18 heavy (non-hydrogen) atoms. The SMILES string of the molecule is CC1CCCCC1(NC(=O)[C@H]1CCCO1)C(=O)O. The Hall–Kier alpha value is -1.10. The van der Waals surface area contributed by atoms with Crippen molar-refractivity contribution in [3.05, 3.63) is 0 Å². The van der Waals surface area contributed by atoms with E-state index >= 15 is 0 Å². The molecule has 2 fully saturated rings. The van der Waals surface area contributed by atoms with Crippen LogP contribution in [0.5, 0.6) is 0 Å². The van der Waals surface area contributed by atoms with Gasteiger partial charge < -0.3 is 15.2 Å². The highest BCUT2D eigenvalue weighted by atomic mass is 16.5. The van der Waals surface area contributed by atoms with Gasteiger partial charge in [0.1, 0.15) is 11.6 Å². The normalized spacial score (nSPS) is 36.3. The molecule has 1 aliphatic heterocycles. The number of hydrogen-bond donors (Lipinski definition) is 2. The van der Waals surface area contributed by atoms with E-state index in [4.69, 9.17) is 4.74 Å². The highest BCUT2D eigenvalue weighted by Crippen LogP contribution is 2.34. The van der Waals surface area contributed by atoms with Crippen LogP contribution >= 0.6 is 0 Å². The van der Waals surface area contributed by atoms with E-state index in [2.05, 4.69) is 5.32 Å². The van der Waals surface area contributed by atoms with E-state index in [0.29, 0.717) is 19.4 Å². The van der Waals surface area contributed by atoms with Crippen LogP contribution in [0.1, 0.15) is 45.4 Å². The second-order valence-electron chi connectivity index (χ2n) is 5.41. The lowest BCUT2D eigenvalue weighted by Crippen LogP contribution is -2.61. The van der Waals surface area contributed by atoms with Gasteiger partial charge in [0.25, 0.3) is 0 Å². The molecule has 5 nitrogen and oxygen atoms in total. The Morgan fingerprint density at radius 2 is 2.06 bits per heavy atom. The van der Waals surface area contributed by atoms with Gasteiger partial charge in [-0.25, -0.2) is 4.79 Å². The molecule has 1 aliphatic carbocycles. The van der Waals surface area contributed by atoms with Gasteiger partial charge in [-0.1, -0.05) is 19.8 Å². The van der Waals surface area contributed by atoms with Gasteiger partial charge in [-0.2, -0.15) is 0 Å². The predicted molar refractivity (Wildman–Crippen MR) is 65.1 cm³/mol. The van der Waals surface area contributed by atoms with Crippen molar-refractivity contribution in [3.8, 4) is 0 Å². The Morgan fingerprint density at radius 3 is 2.61 bits per heavy atom. The van der Waals surface area contributed by atoms with Crippen LogP contribution in [-0.2, 0) is 14.3 Å². The fourth-order valence-corrected chi connectivity index (χ4v) is 2.99. The van der Waals surface area contributed by atoms with Crippen LogP contribution in [0.3, 0.4) is 0 Å². The average Bonchev–Trinajstić information content (AvgIpc) is 2.85. The van der Waals surface area contributed by atoms with E-state index in [1.54, 1.807) is 0 Å². The Kier molecular flexibility index (Phi) is 3.90. The van der Waals surface area contributed by atoms with E-state index in [9.17, 15) is 14.7 Å². The second-order valence-corrected chi connectivity index (χ2v) is 5.41. The first-order chi connectivity index (χ1) is 8.56. The molecule has 0 spiro atoms. The van der Waals surface area contributed by atoms with Gasteiger partial charge in [0.05, 0.1) is 0 Å². The Bertz CT molecular complexity index is 338.